The van der Waals surface area contributed by atoms with E-state index in [1.807, 2.05) is 31.2 Å². The zero-order valence-corrected chi connectivity index (χ0v) is 13.7. The van der Waals surface area contributed by atoms with Gasteiger partial charge in [-0.25, -0.2) is 0 Å². The third-order valence-electron chi connectivity index (χ3n) is 3.62. The summed E-state index contributed by atoms with van der Waals surface area (Å²) in [6.45, 7) is 11.1. The fraction of sp³-hybridized carbons (Fsp3) is 0.588. The van der Waals surface area contributed by atoms with Crippen molar-refractivity contribution in [3.05, 3.63) is 35.4 Å². The highest BCUT2D eigenvalue weighted by Crippen LogP contribution is 2.10. The Kier molecular flexibility index (Phi) is 7.40. The quantitative estimate of drug-likeness (QED) is 0.773. The zero-order chi connectivity index (χ0) is 15.8. The van der Waals surface area contributed by atoms with Crippen LogP contribution in [0.25, 0.3) is 0 Å². The van der Waals surface area contributed by atoms with E-state index in [-0.39, 0.29) is 11.9 Å². The number of benzene rings is 1. The van der Waals surface area contributed by atoms with Gasteiger partial charge >= 0.3 is 0 Å². The van der Waals surface area contributed by atoms with Crippen LogP contribution in [0.3, 0.4) is 0 Å². The molecule has 1 aromatic carbocycles. The number of nitrogens with one attached hydrogen (secondary N) is 1. The van der Waals surface area contributed by atoms with Crippen molar-refractivity contribution in [2.24, 2.45) is 5.73 Å². The molecule has 0 fully saturated rings. The maximum Gasteiger partial charge on any atom is 0.251 e. The molecular formula is C17H29N3O. The van der Waals surface area contributed by atoms with Crippen LogP contribution in [0, 0.1) is 0 Å². The molecule has 3 N–H and O–H groups in total. The molecule has 0 bridgehead atoms. The molecule has 1 unspecified atom stereocenters. The van der Waals surface area contributed by atoms with Gasteiger partial charge in [-0.05, 0) is 51.4 Å². The molecule has 0 radical (unpaired) electrons. The molecule has 1 aromatic rings. The first kappa shape index (κ1) is 17.7. The topological polar surface area (TPSA) is 58.4 Å². The molecule has 0 spiro atoms. The van der Waals surface area contributed by atoms with E-state index in [9.17, 15) is 4.79 Å². The molecule has 0 aromatic heterocycles. The first-order chi connectivity index (χ1) is 9.93. The molecule has 4 nitrogen and oxygen atoms in total. The fourth-order valence-electron chi connectivity index (χ4n) is 2.17. The monoisotopic (exact) mass is 291 g/mol. The van der Waals surface area contributed by atoms with Crippen LogP contribution in [-0.4, -0.2) is 36.0 Å². The van der Waals surface area contributed by atoms with Crippen molar-refractivity contribution in [1.82, 2.24) is 10.2 Å². The second-order valence-electron chi connectivity index (χ2n) is 5.88. The van der Waals surface area contributed by atoms with Crippen molar-refractivity contribution < 1.29 is 4.79 Å². The third-order valence-corrected chi connectivity index (χ3v) is 3.62. The molecular weight excluding hydrogens is 262 g/mol. The summed E-state index contributed by atoms with van der Waals surface area (Å²) in [6.07, 6.45) is 0.795. The zero-order valence-electron chi connectivity index (χ0n) is 13.7. The van der Waals surface area contributed by atoms with Gasteiger partial charge in [-0.15, -0.1) is 0 Å². The third kappa shape index (κ3) is 6.27. The average Bonchev–Trinajstić information content (AvgIpc) is 2.44. The van der Waals surface area contributed by atoms with Crippen LogP contribution in [0.4, 0.5) is 0 Å². The van der Waals surface area contributed by atoms with Crippen LogP contribution < -0.4 is 11.1 Å². The summed E-state index contributed by atoms with van der Waals surface area (Å²) in [6, 6.07) is 8.49. The Morgan fingerprint density at radius 1 is 1.24 bits per heavy atom. The van der Waals surface area contributed by atoms with E-state index in [1.165, 1.54) is 5.56 Å². The first-order valence-electron chi connectivity index (χ1n) is 7.80. The molecule has 0 saturated carbocycles. The Morgan fingerprint density at radius 3 is 2.33 bits per heavy atom. The number of rotatable bonds is 8. The number of nitrogens with two attached hydrogens (primary N) is 1. The number of amides is 1. The lowest BCUT2D eigenvalue weighted by molar-refractivity contribution is 0.0952. The second kappa shape index (κ2) is 8.80. The van der Waals surface area contributed by atoms with E-state index in [1.54, 1.807) is 0 Å². The maximum absolute atomic E-state index is 12.0. The van der Waals surface area contributed by atoms with Crippen LogP contribution >= 0.6 is 0 Å². The number of carbonyl (C=O) groups excluding carboxylic acids is 1. The maximum atomic E-state index is 12.0. The summed E-state index contributed by atoms with van der Waals surface area (Å²) in [4.78, 5) is 14.3. The first-order valence-corrected chi connectivity index (χ1v) is 7.80. The van der Waals surface area contributed by atoms with Gasteiger partial charge in [-0.3, -0.25) is 9.69 Å². The van der Waals surface area contributed by atoms with Gasteiger partial charge in [0.1, 0.15) is 0 Å². The van der Waals surface area contributed by atoms with Gasteiger partial charge in [0.05, 0.1) is 0 Å². The average molecular weight is 291 g/mol. The lowest BCUT2D eigenvalue weighted by Crippen LogP contribution is -2.30. The molecule has 1 rings (SSSR count). The molecule has 21 heavy (non-hydrogen) atoms. The summed E-state index contributed by atoms with van der Waals surface area (Å²) >= 11 is 0. The minimum atomic E-state index is -0.0293. The van der Waals surface area contributed by atoms with Crippen LogP contribution in [0.1, 0.15) is 50.0 Å². The molecule has 0 aliphatic rings. The van der Waals surface area contributed by atoms with E-state index in [0.29, 0.717) is 18.2 Å². The fourth-order valence-corrected chi connectivity index (χ4v) is 2.17. The van der Waals surface area contributed by atoms with Gasteiger partial charge in [-0.2, -0.15) is 0 Å². The molecule has 1 amide bonds. The highest BCUT2D eigenvalue weighted by atomic mass is 16.1. The summed E-state index contributed by atoms with van der Waals surface area (Å²) in [5, 5.41) is 2.89. The molecule has 0 aliphatic heterocycles. The van der Waals surface area contributed by atoms with E-state index < -0.39 is 0 Å². The minimum Gasteiger partial charge on any atom is -0.352 e. The Balaban J connectivity index is 2.55. The second-order valence-corrected chi connectivity index (χ2v) is 5.88. The standard InChI is InChI=1S/C17H29N3O/c1-5-20(13(2)3)12-15-6-8-16(9-7-15)17(21)19-11-10-14(4)18/h6-9,13-14H,5,10-12,18H2,1-4H3,(H,19,21). The lowest BCUT2D eigenvalue weighted by atomic mass is 10.1. The molecule has 0 saturated heterocycles. The number of hydrogen-bond acceptors (Lipinski definition) is 3. The van der Waals surface area contributed by atoms with Gasteiger partial charge < -0.3 is 11.1 Å². The molecule has 0 aliphatic carbocycles. The van der Waals surface area contributed by atoms with Crippen molar-refractivity contribution in [1.29, 1.82) is 0 Å². The van der Waals surface area contributed by atoms with Crippen LogP contribution in [0.2, 0.25) is 0 Å². The Morgan fingerprint density at radius 2 is 1.86 bits per heavy atom. The molecule has 4 heteroatoms. The number of nitrogens with zero attached hydrogens (tertiary/aromatic N) is 1. The molecule has 118 valence electrons. The van der Waals surface area contributed by atoms with Gasteiger partial charge in [0.2, 0.25) is 0 Å². The van der Waals surface area contributed by atoms with E-state index >= 15 is 0 Å². The Bertz CT molecular complexity index is 426. The van der Waals surface area contributed by atoms with E-state index in [4.69, 9.17) is 5.73 Å². The Hall–Kier alpha value is -1.39. The van der Waals surface area contributed by atoms with Crippen molar-refractivity contribution in [2.75, 3.05) is 13.1 Å². The summed E-state index contributed by atoms with van der Waals surface area (Å²) in [5.74, 6) is -0.0293. The number of hydrogen-bond donors (Lipinski definition) is 2. The van der Waals surface area contributed by atoms with Crippen molar-refractivity contribution in [3.8, 4) is 0 Å². The van der Waals surface area contributed by atoms with Crippen LogP contribution in [-0.2, 0) is 6.54 Å². The SMILES string of the molecule is CCN(Cc1ccc(C(=O)NCCC(C)N)cc1)C(C)C. The van der Waals surface area contributed by atoms with Crippen LogP contribution in [0.15, 0.2) is 24.3 Å². The van der Waals surface area contributed by atoms with Gasteiger partial charge in [0.25, 0.3) is 5.91 Å². The van der Waals surface area contributed by atoms with Crippen molar-refractivity contribution in [3.63, 3.8) is 0 Å². The van der Waals surface area contributed by atoms with E-state index in [2.05, 4.69) is 31.0 Å². The largest absolute Gasteiger partial charge is 0.352 e. The Labute approximate surface area is 128 Å². The van der Waals surface area contributed by atoms with Crippen molar-refractivity contribution >= 4 is 5.91 Å². The predicted octanol–water partition coefficient (Wildman–Crippen LogP) is 2.38. The smallest absolute Gasteiger partial charge is 0.251 e. The summed E-state index contributed by atoms with van der Waals surface area (Å²) in [7, 11) is 0. The normalized spacial score (nSPS) is 12.7. The van der Waals surface area contributed by atoms with Gasteiger partial charge in [-0.1, -0.05) is 19.1 Å². The van der Waals surface area contributed by atoms with Crippen LogP contribution in [0.5, 0.6) is 0 Å². The lowest BCUT2D eigenvalue weighted by Gasteiger charge is -2.24. The molecule has 1 atom stereocenters. The van der Waals surface area contributed by atoms with Crippen molar-refractivity contribution in [2.45, 2.75) is 52.7 Å². The van der Waals surface area contributed by atoms with E-state index in [0.717, 1.165) is 19.5 Å². The highest BCUT2D eigenvalue weighted by molar-refractivity contribution is 5.94. The predicted molar refractivity (Wildman–Crippen MR) is 88.3 cm³/mol. The summed E-state index contributed by atoms with van der Waals surface area (Å²) in [5.41, 5.74) is 7.60. The highest BCUT2D eigenvalue weighted by Gasteiger charge is 2.09. The number of carbonyl (C=O) groups is 1. The van der Waals surface area contributed by atoms with Gasteiger partial charge in [0, 0.05) is 30.7 Å². The molecule has 0 heterocycles. The van der Waals surface area contributed by atoms with Gasteiger partial charge in [0.15, 0.2) is 0 Å². The summed E-state index contributed by atoms with van der Waals surface area (Å²) < 4.78 is 0. The minimum absolute atomic E-state index is 0.0293.